The van der Waals surface area contributed by atoms with Crippen LogP contribution in [0.1, 0.15) is 26.7 Å². The van der Waals surface area contributed by atoms with Gasteiger partial charge in [0, 0.05) is 18.8 Å². The lowest BCUT2D eigenvalue weighted by Gasteiger charge is -2.31. The second-order valence-corrected chi connectivity index (χ2v) is 3.60. The Hall–Kier alpha value is -0.810. The Morgan fingerprint density at radius 1 is 1.62 bits per heavy atom. The van der Waals surface area contributed by atoms with Crippen LogP contribution >= 0.6 is 0 Å². The molecule has 0 spiro atoms. The smallest absolute Gasteiger partial charge is 0.137 e. The van der Waals surface area contributed by atoms with E-state index < -0.39 is 0 Å². The molecule has 0 amide bonds. The Labute approximate surface area is 80.1 Å². The lowest BCUT2D eigenvalue weighted by molar-refractivity contribution is -0.124. The molecule has 2 heteroatoms. The fourth-order valence-electron chi connectivity index (χ4n) is 1.47. The number of Topliss-reactive ketones (excluding diaryl/α,β-unsaturated/α-hetero) is 1. The van der Waals surface area contributed by atoms with E-state index in [0.29, 0.717) is 18.1 Å². The molecular weight excluding hydrogens is 162 g/mol. The minimum Gasteiger partial charge on any atom is -0.316 e. The summed E-state index contributed by atoms with van der Waals surface area (Å²) in [5.41, 5.74) is 0. The number of carbonyl (C=O) groups excluding carboxylic acids is 1. The normalized spacial score (nSPS) is 18.3. The zero-order valence-corrected chi connectivity index (χ0v) is 8.39. The van der Waals surface area contributed by atoms with Gasteiger partial charge in [-0.25, -0.2) is 0 Å². The maximum absolute atomic E-state index is 11.6. The number of hydrogen-bond donors (Lipinski definition) is 1. The predicted molar refractivity (Wildman–Crippen MR) is 53.2 cm³/mol. The van der Waals surface area contributed by atoms with Crippen molar-refractivity contribution in [3.8, 4) is 11.8 Å². The average Bonchev–Trinajstić information content (AvgIpc) is 2.01. The maximum Gasteiger partial charge on any atom is 0.137 e. The third-order valence-electron chi connectivity index (χ3n) is 2.70. The van der Waals surface area contributed by atoms with Crippen LogP contribution in [0.2, 0.25) is 0 Å². The molecule has 1 heterocycles. The van der Waals surface area contributed by atoms with Gasteiger partial charge in [0.05, 0.1) is 0 Å². The van der Waals surface area contributed by atoms with Gasteiger partial charge in [0.25, 0.3) is 0 Å². The number of ketones is 1. The van der Waals surface area contributed by atoms with Crippen molar-refractivity contribution >= 4 is 5.78 Å². The Bertz CT molecular complexity index is 232. The maximum atomic E-state index is 11.6. The lowest BCUT2D eigenvalue weighted by Crippen LogP contribution is -2.47. The summed E-state index contributed by atoms with van der Waals surface area (Å²) in [6, 6.07) is 0. The van der Waals surface area contributed by atoms with E-state index in [2.05, 4.69) is 17.2 Å². The molecule has 1 aliphatic rings. The van der Waals surface area contributed by atoms with Gasteiger partial charge in [0.1, 0.15) is 5.78 Å². The van der Waals surface area contributed by atoms with Crippen molar-refractivity contribution in [1.29, 1.82) is 0 Å². The molecule has 13 heavy (non-hydrogen) atoms. The van der Waals surface area contributed by atoms with Gasteiger partial charge in [-0.3, -0.25) is 4.79 Å². The van der Waals surface area contributed by atoms with Crippen LogP contribution in [-0.2, 0) is 4.79 Å². The Morgan fingerprint density at radius 3 is 2.77 bits per heavy atom. The van der Waals surface area contributed by atoms with Crippen molar-refractivity contribution in [2.24, 2.45) is 11.8 Å². The van der Waals surface area contributed by atoms with Crippen molar-refractivity contribution in [2.45, 2.75) is 26.7 Å². The van der Waals surface area contributed by atoms with E-state index in [1.807, 2.05) is 13.8 Å². The van der Waals surface area contributed by atoms with Crippen molar-refractivity contribution in [2.75, 3.05) is 13.1 Å². The van der Waals surface area contributed by atoms with Crippen molar-refractivity contribution in [1.82, 2.24) is 5.32 Å². The number of rotatable bonds is 4. The molecule has 0 aromatic carbocycles. The summed E-state index contributed by atoms with van der Waals surface area (Å²) in [4.78, 5) is 11.6. The van der Waals surface area contributed by atoms with E-state index in [9.17, 15) is 4.79 Å². The summed E-state index contributed by atoms with van der Waals surface area (Å²) in [7, 11) is 0. The first-order valence-corrected chi connectivity index (χ1v) is 4.88. The van der Waals surface area contributed by atoms with Crippen molar-refractivity contribution in [3.63, 3.8) is 0 Å². The second kappa shape index (κ2) is 5.04. The molecule has 1 aliphatic heterocycles. The zero-order chi connectivity index (χ0) is 9.68. The summed E-state index contributed by atoms with van der Waals surface area (Å²) in [6.45, 7) is 5.86. The fourth-order valence-corrected chi connectivity index (χ4v) is 1.47. The Kier molecular flexibility index (Phi) is 3.98. The van der Waals surface area contributed by atoms with Crippen LogP contribution in [0.25, 0.3) is 0 Å². The van der Waals surface area contributed by atoms with E-state index in [1.165, 1.54) is 0 Å². The summed E-state index contributed by atoms with van der Waals surface area (Å²) in [5, 5.41) is 3.18. The van der Waals surface area contributed by atoms with E-state index in [1.54, 1.807) is 0 Å². The van der Waals surface area contributed by atoms with Gasteiger partial charge in [0.15, 0.2) is 0 Å². The molecule has 2 nitrogen and oxygen atoms in total. The van der Waals surface area contributed by atoms with Crippen LogP contribution in [0.15, 0.2) is 0 Å². The monoisotopic (exact) mass is 179 g/mol. The predicted octanol–water partition coefficient (Wildman–Crippen LogP) is 1.21. The van der Waals surface area contributed by atoms with Gasteiger partial charge in [0.2, 0.25) is 0 Å². The third-order valence-corrected chi connectivity index (χ3v) is 2.70. The first kappa shape index (κ1) is 10.3. The van der Waals surface area contributed by atoms with Gasteiger partial charge < -0.3 is 5.32 Å². The first-order valence-electron chi connectivity index (χ1n) is 4.88. The molecule has 1 fully saturated rings. The summed E-state index contributed by atoms with van der Waals surface area (Å²) in [5.74, 6) is 6.89. The molecule has 72 valence electrons. The molecule has 1 unspecified atom stereocenters. The Morgan fingerprint density at radius 2 is 2.31 bits per heavy atom. The Balaban J connectivity index is 2.23. The van der Waals surface area contributed by atoms with Crippen LogP contribution in [0.3, 0.4) is 0 Å². The van der Waals surface area contributed by atoms with Crippen LogP contribution in [0, 0.1) is 23.7 Å². The van der Waals surface area contributed by atoms with Gasteiger partial charge in [-0.1, -0.05) is 6.92 Å². The highest BCUT2D eigenvalue weighted by molar-refractivity contribution is 5.81. The topological polar surface area (TPSA) is 29.1 Å². The highest BCUT2D eigenvalue weighted by Crippen LogP contribution is 2.18. The number of carbonyl (C=O) groups is 1. The molecule has 1 atom stereocenters. The minimum atomic E-state index is 0.222. The molecule has 0 saturated carbocycles. The average molecular weight is 179 g/mol. The van der Waals surface area contributed by atoms with Gasteiger partial charge in [-0.05, 0) is 25.9 Å². The summed E-state index contributed by atoms with van der Waals surface area (Å²) in [6.07, 6.45) is 1.35. The molecule has 1 rings (SSSR count). The molecular formula is C11H17NO. The molecule has 0 aromatic heterocycles. The van der Waals surface area contributed by atoms with Crippen LogP contribution in [0.5, 0.6) is 0 Å². The summed E-state index contributed by atoms with van der Waals surface area (Å²) < 4.78 is 0. The van der Waals surface area contributed by atoms with E-state index in [0.717, 1.165) is 19.5 Å². The van der Waals surface area contributed by atoms with E-state index >= 15 is 0 Å². The largest absolute Gasteiger partial charge is 0.316 e. The second-order valence-electron chi connectivity index (χ2n) is 3.60. The number of nitrogens with one attached hydrogen (secondary N) is 1. The van der Waals surface area contributed by atoms with Crippen molar-refractivity contribution in [3.05, 3.63) is 0 Å². The van der Waals surface area contributed by atoms with Gasteiger partial charge >= 0.3 is 0 Å². The van der Waals surface area contributed by atoms with Gasteiger partial charge in [-0.2, -0.15) is 0 Å². The molecule has 0 aromatic rings. The fraction of sp³-hybridized carbons (Fsp3) is 0.727. The quantitative estimate of drug-likeness (QED) is 0.657. The van der Waals surface area contributed by atoms with Crippen LogP contribution in [0.4, 0.5) is 0 Å². The molecule has 1 N–H and O–H groups in total. The molecule has 0 bridgehead atoms. The van der Waals surface area contributed by atoms with E-state index in [-0.39, 0.29) is 5.92 Å². The molecule has 1 saturated heterocycles. The minimum absolute atomic E-state index is 0.222. The standard InChI is InChI=1S/C11H17NO/c1-3-4-5-6-11(13)9(2)10-7-12-8-10/h9-10,12H,5-8H2,1-2H3. The molecule has 0 radical (unpaired) electrons. The van der Waals surface area contributed by atoms with E-state index in [4.69, 9.17) is 0 Å². The first-order chi connectivity index (χ1) is 6.25. The number of hydrogen-bond acceptors (Lipinski definition) is 2. The highest BCUT2D eigenvalue weighted by Gasteiger charge is 2.27. The molecule has 0 aliphatic carbocycles. The summed E-state index contributed by atoms with van der Waals surface area (Å²) >= 11 is 0. The van der Waals surface area contributed by atoms with Crippen LogP contribution < -0.4 is 5.32 Å². The van der Waals surface area contributed by atoms with Gasteiger partial charge in [-0.15, -0.1) is 11.8 Å². The zero-order valence-electron chi connectivity index (χ0n) is 8.39. The van der Waals surface area contributed by atoms with Crippen molar-refractivity contribution < 1.29 is 4.79 Å². The third kappa shape index (κ3) is 2.86. The lowest BCUT2D eigenvalue weighted by atomic mass is 9.84. The SMILES string of the molecule is CC#CCCC(=O)C(C)C1CNC1. The highest BCUT2D eigenvalue weighted by atomic mass is 16.1. The van der Waals surface area contributed by atoms with Crippen LogP contribution in [-0.4, -0.2) is 18.9 Å².